The first-order valence-corrected chi connectivity index (χ1v) is 5.66. The third-order valence-corrected chi connectivity index (χ3v) is 2.15. The Morgan fingerprint density at radius 2 is 2.22 bits per heavy atom. The molecule has 0 saturated carbocycles. The van der Waals surface area contributed by atoms with Crippen molar-refractivity contribution in [2.75, 3.05) is 5.32 Å². The van der Waals surface area contributed by atoms with Gasteiger partial charge in [0.25, 0.3) is 0 Å². The topological polar surface area (TPSA) is 50.4 Å². The number of aryl methyl sites for hydroxylation is 1. The summed E-state index contributed by atoms with van der Waals surface area (Å²) in [5, 5.41) is 3.44. The molecule has 5 heteroatoms. The molecule has 0 saturated heterocycles. The lowest BCUT2D eigenvalue weighted by Gasteiger charge is -2.08. The number of nitrogens with zero attached hydrogens (tertiary/aromatic N) is 1. The standard InChI is InChI=1S/C13H15ClFN3/c1-8-4-5-11(7-12(8)15)18-13(6-9(2)14)17-10(3)16/h4-7H,3,16H2,1-2H3,(H,17,18)/b9-6+. The highest BCUT2D eigenvalue weighted by Gasteiger charge is 2.02. The van der Waals surface area contributed by atoms with E-state index in [1.165, 1.54) is 6.07 Å². The Morgan fingerprint density at radius 3 is 2.72 bits per heavy atom. The van der Waals surface area contributed by atoms with Gasteiger partial charge in [0.1, 0.15) is 17.5 Å². The van der Waals surface area contributed by atoms with Crippen molar-refractivity contribution in [1.82, 2.24) is 0 Å². The Labute approximate surface area is 111 Å². The van der Waals surface area contributed by atoms with Gasteiger partial charge >= 0.3 is 0 Å². The van der Waals surface area contributed by atoms with Crippen LogP contribution in [0.15, 0.2) is 46.7 Å². The predicted octanol–water partition coefficient (Wildman–Crippen LogP) is 3.52. The molecule has 0 aliphatic heterocycles. The van der Waals surface area contributed by atoms with E-state index in [0.717, 1.165) is 0 Å². The van der Waals surface area contributed by atoms with Crippen molar-refractivity contribution in [3.63, 3.8) is 0 Å². The van der Waals surface area contributed by atoms with Gasteiger partial charge in [-0.05, 0) is 37.6 Å². The van der Waals surface area contributed by atoms with Gasteiger partial charge in [0.2, 0.25) is 0 Å². The molecule has 0 radical (unpaired) electrons. The number of benzene rings is 1. The minimum absolute atomic E-state index is 0.138. The van der Waals surface area contributed by atoms with E-state index >= 15 is 0 Å². The SMILES string of the molecule is C=C(N)/N=C(\C=C(/C)Cl)Nc1ccc(C)c(F)c1. The fourth-order valence-corrected chi connectivity index (χ4v) is 1.36. The van der Waals surface area contributed by atoms with Crippen LogP contribution in [0.25, 0.3) is 0 Å². The zero-order valence-electron chi connectivity index (χ0n) is 10.3. The van der Waals surface area contributed by atoms with Gasteiger partial charge in [0, 0.05) is 10.7 Å². The van der Waals surface area contributed by atoms with Gasteiger partial charge < -0.3 is 11.1 Å². The van der Waals surface area contributed by atoms with Gasteiger partial charge in [-0.1, -0.05) is 24.2 Å². The molecule has 0 spiro atoms. The summed E-state index contributed by atoms with van der Waals surface area (Å²) in [6, 6.07) is 4.79. The van der Waals surface area contributed by atoms with Crippen LogP contribution in [0, 0.1) is 12.7 Å². The van der Waals surface area contributed by atoms with Crippen molar-refractivity contribution in [2.45, 2.75) is 13.8 Å². The number of nitrogens with one attached hydrogen (secondary N) is 1. The predicted molar refractivity (Wildman–Crippen MR) is 75.1 cm³/mol. The smallest absolute Gasteiger partial charge is 0.133 e. The molecular weight excluding hydrogens is 253 g/mol. The molecule has 0 fully saturated rings. The van der Waals surface area contributed by atoms with Crippen LogP contribution in [0.2, 0.25) is 0 Å². The molecule has 0 amide bonds. The molecule has 0 bridgehead atoms. The van der Waals surface area contributed by atoms with E-state index in [9.17, 15) is 4.39 Å². The second-order valence-corrected chi connectivity index (χ2v) is 4.40. The van der Waals surface area contributed by atoms with Crippen molar-refractivity contribution in [3.05, 3.63) is 53.1 Å². The molecule has 0 aromatic heterocycles. The number of halogens is 2. The van der Waals surface area contributed by atoms with Crippen molar-refractivity contribution in [3.8, 4) is 0 Å². The average molecular weight is 268 g/mol. The zero-order chi connectivity index (χ0) is 13.7. The molecule has 1 rings (SSSR count). The molecule has 3 nitrogen and oxygen atoms in total. The van der Waals surface area contributed by atoms with E-state index in [4.69, 9.17) is 17.3 Å². The van der Waals surface area contributed by atoms with Crippen LogP contribution in [-0.4, -0.2) is 5.84 Å². The lowest BCUT2D eigenvalue weighted by molar-refractivity contribution is 0.619. The van der Waals surface area contributed by atoms with Crippen LogP contribution in [-0.2, 0) is 0 Å². The average Bonchev–Trinajstić information content (AvgIpc) is 2.21. The van der Waals surface area contributed by atoms with Gasteiger partial charge in [-0.3, -0.25) is 0 Å². The minimum atomic E-state index is -0.294. The fraction of sp³-hybridized carbons (Fsp3) is 0.154. The number of hydrogen-bond donors (Lipinski definition) is 2. The second-order valence-electron chi connectivity index (χ2n) is 3.81. The first kappa shape index (κ1) is 14.3. The lowest BCUT2D eigenvalue weighted by Crippen LogP contribution is -2.11. The number of allylic oxidation sites excluding steroid dienone is 1. The molecule has 0 aliphatic rings. The third-order valence-electron chi connectivity index (χ3n) is 2.04. The summed E-state index contributed by atoms with van der Waals surface area (Å²) < 4.78 is 13.4. The van der Waals surface area contributed by atoms with E-state index in [0.29, 0.717) is 22.1 Å². The number of anilines is 1. The van der Waals surface area contributed by atoms with Gasteiger partial charge in [-0.2, -0.15) is 0 Å². The Morgan fingerprint density at radius 1 is 1.56 bits per heavy atom. The maximum Gasteiger partial charge on any atom is 0.133 e. The zero-order valence-corrected chi connectivity index (χ0v) is 11.1. The largest absolute Gasteiger partial charge is 0.384 e. The first-order valence-electron chi connectivity index (χ1n) is 5.28. The molecule has 96 valence electrons. The summed E-state index contributed by atoms with van der Waals surface area (Å²) in [6.45, 7) is 6.87. The molecule has 1 aromatic rings. The van der Waals surface area contributed by atoms with Gasteiger partial charge in [-0.25, -0.2) is 9.38 Å². The van der Waals surface area contributed by atoms with Crippen molar-refractivity contribution < 1.29 is 4.39 Å². The van der Waals surface area contributed by atoms with Crippen LogP contribution in [0.4, 0.5) is 10.1 Å². The van der Waals surface area contributed by atoms with E-state index in [1.807, 2.05) is 0 Å². The molecule has 0 unspecified atom stereocenters. The molecule has 0 atom stereocenters. The van der Waals surface area contributed by atoms with Gasteiger partial charge in [0.15, 0.2) is 0 Å². The van der Waals surface area contributed by atoms with Crippen LogP contribution >= 0.6 is 11.6 Å². The van der Waals surface area contributed by atoms with E-state index in [-0.39, 0.29) is 11.6 Å². The number of nitrogens with two attached hydrogens (primary N) is 1. The summed E-state index contributed by atoms with van der Waals surface area (Å²) in [4.78, 5) is 3.97. The van der Waals surface area contributed by atoms with E-state index in [1.54, 1.807) is 32.1 Å². The van der Waals surface area contributed by atoms with Crippen LogP contribution in [0.5, 0.6) is 0 Å². The molecule has 1 aromatic carbocycles. The van der Waals surface area contributed by atoms with E-state index < -0.39 is 0 Å². The molecule has 0 heterocycles. The van der Waals surface area contributed by atoms with Crippen LogP contribution < -0.4 is 11.1 Å². The van der Waals surface area contributed by atoms with Gasteiger partial charge in [0.05, 0.1) is 0 Å². The highest BCUT2D eigenvalue weighted by Crippen LogP contribution is 2.14. The maximum atomic E-state index is 13.4. The Hall–Kier alpha value is -1.81. The molecular formula is C13H15ClFN3. The number of aliphatic imine (C=N–C) groups is 1. The van der Waals surface area contributed by atoms with Crippen molar-refractivity contribution in [2.24, 2.45) is 10.7 Å². The van der Waals surface area contributed by atoms with Crippen LogP contribution in [0.1, 0.15) is 12.5 Å². The summed E-state index contributed by atoms with van der Waals surface area (Å²) in [5.41, 5.74) is 6.55. The quantitative estimate of drug-likeness (QED) is 0.650. The Bertz CT molecular complexity index is 517. The Balaban J connectivity index is 3.00. The highest BCUT2D eigenvalue weighted by atomic mass is 35.5. The second kappa shape index (κ2) is 6.21. The normalized spacial score (nSPS) is 12.4. The third kappa shape index (κ3) is 4.59. The van der Waals surface area contributed by atoms with Crippen molar-refractivity contribution >= 4 is 23.1 Å². The van der Waals surface area contributed by atoms with Crippen LogP contribution in [0.3, 0.4) is 0 Å². The summed E-state index contributed by atoms with van der Waals surface area (Å²) in [6.07, 6.45) is 1.58. The lowest BCUT2D eigenvalue weighted by atomic mass is 10.2. The van der Waals surface area contributed by atoms with Crippen molar-refractivity contribution in [1.29, 1.82) is 0 Å². The Kier molecular flexibility index (Phi) is 4.92. The maximum absolute atomic E-state index is 13.4. The van der Waals surface area contributed by atoms with Gasteiger partial charge in [-0.15, -0.1) is 0 Å². The summed E-state index contributed by atoms with van der Waals surface area (Å²) in [5.74, 6) is 0.245. The fourth-order valence-electron chi connectivity index (χ4n) is 1.26. The minimum Gasteiger partial charge on any atom is -0.384 e. The molecule has 3 N–H and O–H groups in total. The first-order chi connectivity index (χ1) is 8.38. The number of hydrogen-bond acceptors (Lipinski definition) is 2. The van der Waals surface area contributed by atoms with E-state index in [2.05, 4.69) is 16.9 Å². The number of amidine groups is 1. The monoisotopic (exact) mass is 267 g/mol. The summed E-state index contributed by atoms with van der Waals surface area (Å²) >= 11 is 5.77. The number of rotatable bonds is 3. The molecule has 18 heavy (non-hydrogen) atoms. The highest BCUT2D eigenvalue weighted by molar-refractivity contribution is 6.31. The molecule has 0 aliphatic carbocycles. The summed E-state index contributed by atoms with van der Waals surface area (Å²) in [7, 11) is 0.